The van der Waals surface area contributed by atoms with Gasteiger partial charge in [0.05, 0.1) is 0 Å². The molecule has 1 aromatic carbocycles. The number of carbonyl (C=O) groups excluding carboxylic acids is 2. The molecule has 1 heterocycles. The van der Waals surface area contributed by atoms with Crippen molar-refractivity contribution in [1.82, 2.24) is 9.80 Å². The van der Waals surface area contributed by atoms with Crippen LogP contribution in [0.3, 0.4) is 0 Å². The number of para-hydroxylation sites is 1. The van der Waals surface area contributed by atoms with Gasteiger partial charge in [0.15, 0.2) is 0 Å². The SMILES string of the molecule is CC(C)N1CCN(CCc2ccccc2N)C(=O)C1=O. The summed E-state index contributed by atoms with van der Waals surface area (Å²) in [6.45, 7) is 5.57. The van der Waals surface area contributed by atoms with E-state index in [0.29, 0.717) is 26.1 Å². The Hall–Kier alpha value is -2.04. The third-order valence-electron chi connectivity index (χ3n) is 3.67. The fourth-order valence-electron chi connectivity index (χ4n) is 2.41. The summed E-state index contributed by atoms with van der Waals surface area (Å²) in [4.78, 5) is 27.3. The van der Waals surface area contributed by atoms with Crippen molar-refractivity contribution < 1.29 is 9.59 Å². The van der Waals surface area contributed by atoms with E-state index in [1.54, 1.807) is 9.80 Å². The molecule has 0 saturated carbocycles. The standard InChI is InChI=1S/C15H21N3O2/c1-11(2)18-10-9-17(14(19)15(18)20)8-7-12-5-3-4-6-13(12)16/h3-6,11H,7-10,16H2,1-2H3. The largest absolute Gasteiger partial charge is 0.399 e. The van der Waals surface area contributed by atoms with Crippen molar-refractivity contribution >= 4 is 17.5 Å². The minimum Gasteiger partial charge on any atom is -0.399 e. The zero-order valence-electron chi connectivity index (χ0n) is 12.0. The molecule has 0 spiro atoms. The molecule has 1 aromatic rings. The summed E-state index contributed by atoms with van der Waals surface area (Å²) < 4.78 is 0. The third kappa shape index (κ3) is 2.92. The van der Waals surface area contributed by atoms with Crippen LogP contribution in [0.15, 0.2) is 24.3 Å². The summed E-state index contributed by atoms with van der Waals surface area (Å²) >= 11 is 0. The molecule has 0 atom stereocenters. The lowest BCUT2D eigenvalue weighted by Gasteiger charge is -2.36. The molecule has 0 aliphatic carbocycles. The van der Waals surface area contributed by atoms with E-state index in [1.165, 1.54) is 0 Å². The van der Waals surface area contributed by atoms with Crippen molar-refractivity contribution in [3.63, 3.8) is 0 Å². The first-order valence-corrected chi connectivity index (χ1v) is 6.94. The number of carbonyl (C=O) groups is 2. The molecule has 2 rings (SSSR count). The number of nitrogen functional groups attached to an aromatic ring is 1. The third-order valence-corrected chi connectivity index (χ3v) is 3.67. The summed E-state index contributed by atoms with van der Waals surface area (Å²) in [6.07, 6.45) is 0.674. The maximum Gasteiger partial charge on any atom is 0.312 e. The van der Waals surface area contributed by atoms with Crippen LogP contribution in [0, 0.1) is 0 Å². The molecule has 2 amide bonds. The Morgan fingerprint density at radius 1 is 1.15 bits per heavy atom. The van der Waals surface area contributed by atoms with E-state index in [1.807, 2.05) is 38.1 Å². The number of hydrogen-bond acceptors (Lipinski definition) is 3. The molecule has 0 unspecified atom stereocenters. The van der Waals surface area contributed by atoms with Crippen molar-refractivity contribution in [2.45, 2.75) is 26.3 Å². The van der Waals surface area contributed by atoms with Gasteiger partial charge in [0.2, 0.25) is 0 Å². The molecule has 1 aliphatic rings. The Labute approximate surface area is 119 Å². The minimum atomic E-state index is -0.403. The van der Waals surface area contributed by atoms with Crippen LogP contribution < -0.4 is 5.73 Å². The number of anilines is 1. The van der Waals surface area contributed by atoms with E-state index in [9.17, 15) is 9.59 Å². The number of benzene rings is 1. The Bertz CT molecular complexity index is 514. The number of nitrogens with zero attached hydrogens (tertiary/aromatic N) is 2. The first-order chi connectivity index (χ1) is 9.50. The second-order valence-corrected chi connectivity index (χ2v) is 5.33. The number of piperazine rings is 1. The van der Waals surface area contributed by atoms with Gasteiger partial charge in [-0.25, -0.2) is 0 Å². The molecule has 1 aliphatic heterocycles. The average molecular weight is 275 g/mol. The monoisotopic (exact) mass is 275 g/mol. The molecule has 108 valence electrons. The summed E-state index contributed by atoms with van der Waals surface area (Å²) in [6, 6.07) is 7.67. The molecule has 2 N–H and O–H groups in total. The maximum absolute atomic E-state index is 12.0. The highest BCUT2D eigenvalue weighted by Crippen LogP contribution is 2.14. The molecule has 5 heteroatoms. The fraction of sp³-hybridized carbons (Fsp3) is 0.467. The first kappa shape index (κ1) is 14.4. The molecule has 0 bridgehead atoms. The van der Waals surface area contributed by atoms with Gasteiger partial charge >= 0.3 is 11.8 Å². The van der Waals surface area contributed by atoms with Gasteiger partial charge in [-0.1, -0.05) is 18.2 Å². The van der Waals surface area contributed by atoms with Crippen molar-refractivity contribution in [2.75, 3.05) is 25.4 Å². The highest BCUT2D eigenvalue weighted by atomic mass is 16.2. The predicted molar refractivity (Wildman–Crippen MR) is 78.0 cm³/mol. The van der Waals surface area contributed by atoms with Crippen LogP contribution in [0.25, 0.3) is 0 Å². The van der Waals surface area contributed by atoms with E-state index in [0.717, 1.165) is 11.3 Å². The summed E-state index contributed by atoms with van der Waals surface area (Å²) in [7, 11) is 0. The number of nitrogens with two attached hydrogens (primary N) is 1. The Morgan fingerprint density at radius 3 is 2.50 bits per heavy atom. The first-order valence-electron chi connectivity index (χ1n) is 6.94. The Kier molecular flexibility index (Phi) is 4.27. The van der Waals surface area contributed by atoms with Gasteiger partial charge < -0.3 is 15.5 Å². The highest BCUT2D eigenvalue weighted by Gasteiger charge is 2.33. The van der Waals surface area contributed by atoms with E-state index in [-0.39, 0.29) is 6.04 Å². The van der Waals surface area contributed by atoms with Crippen LogP contribution in [-0.4, -0.2) is 47.3 Å². The van der Waals surface area contributed by atoms with Crippen molar-refractivity contribution in [3.05, 3.63) is 29.8 Å². The van der Waals surface area contributed by atoms with Crippen LogP contribution >= 0.6 is 0 Å². The van der Waals surface area contributed by atoms with Crippen LogP contribution in [0.1, 0.15) is 19.4 Å². The zero-order valence-corrected chi connectivity index (χ0v) is 12.0. The molecule has 5 nitrogen and oxygen atoms in total. The van der Waals surface area contributed by atoms with Gasteiger partial charge in [-0.05, 0) is 31.9 Å². The van der Waals surface area contributed by atoms with Crippen LogP contribution in [0.5, 0.6) is 0 Å². The summed E-state index contributed by atoms with van der Waals surface area (Å²) in [5.74, 6) is -0.799. The lowest BCUT2D eigenvalue weighted by molar-refractivity contribution is -0.157. The Balaban J connectivity index is 1.97. The van der Waals surface area contributed by atoms with Crippen molar-refractivity contribution in [3.8, 4) is 0 Å². The summed E-state index contributed by atoms with van der Waals surface area (Å²) in [5, 5.41) is 0. The van der Waals surface area contributed by atoms with Crippen LogP contribution in [0.2, 0.25) is 0 Å². The van der Waals surface area contributed by atoms with Gasteiger partial charge in [0.25, 0.3) is 0 Å². The topological polar surface area (TPSA) is 66.6 Å². The van der Waals surface area contributed by atoms with E-state index in [4.69, 9.17) is 5.73 Å². The number of rotatable bonds is 4. The second kappa shape index (κ2) is 5.94. The predicted octanol–water partition coefficient (Wildman–Crippen LogP) is 0.890. The normalized spacial score (nSPS) is 16.1. The quantitative estimate of drug-likeness (QED) is 0.655. The molecule has 0 radical (unpaired) electrons. The molecular weight excluding hydrogens is 254 g/mol. The highest BCUT2D eigenvalue weighted by molar-refractivity contribution is 6.35. The van der Waals surface area contributed by atoms with Gasteiger partial charge in [0, 0.05) is 31.4 Å². The lowest BCUT2D eigenvalue weighted by atomic mass is 10.1. The number of hydrogen-bond donors (Lipinski definition) is 1. The van der Waals surface area contributed by atoms with Crippen molar-refractivity contribution in [1.29, 1.82) is 0 Å². The smallest absolute Gasteiger partial charge is 0.312 e. The van der Waals surface area contributed by atoms with Gasteiger partial charge in [0.1, 0.15) is 0 Å². The van der Waals surface area contributed by atoms with Crippen LogP contribution in [0.4, 0.5) is 5.69 Å². The Morgan fingerprint density at radius 2 is 1.85 bits per heavy atom. The van der Waals surface area contributed by atoms with Crippen LogP contribution in [-0.2, 0) is 16.0 Å². The molecular formula is C15H21N3O2. The summed E-state index contributed by atoms with van der Waals surface area (Å²) in [5.41, 5.74) is 7.62. The average Bonchev–Trinajstić information content (AvgIpc) is 2.41. The van der Waals surface area contributed by atoms with Gasteiger partial charge in [-0.3, -0.25) is 9.59 Å². The fourth-order valence-corrected chi connectivity index (χ4v) is 2.41. The van der Waals surface area contributed by atoms with E-state index >= 15 is 0 Å². The maximum atomic E-state index is 12.0. The minimum absolute atomic E-state index is 0.0679. The van der Waals surface area contributed by atoms with E-state index < -0.39 is 11.8 Å². The van der Waals surface area contributed by atoms with E-state index in [2.05, 4.69) is 0 Å². The van der Waals surface area contributed by atoms with Gasteiger partial charge in [-0.2, -0.15) is 0 Å². The molecule has 20 heavy (non-hydrogen) atoms. The lowest BCUT2D eigenvalue weighted by Crippen LogP contribution is -2.56. The molecule has 1 saturated heterocycles. The molecule has 1 fully saturated rings. The molecule has 0 aromatic heterocycles. The second-order valence-electron chi connectivity index (χ2n) is 5.33. The zero-order chi connectivity index (χ0) is 14.7. The van der Waals surface area contributed by atoms with Crippen molar-refractivity contribution in [2.24, 2.45) is 0 Å². The van der Waals surface area contributed by atoms with Gasteiger partial charge in [-0.15, -0.1) is 0 Å². The number of amides is 2.